The second-order valence-electron chi connectivity index (χ2n) is 8.43. The molecule has 3 heterocycles. The van der Waals surface area contributed by atoms with Gasteiger partial charge in [-0.25, -0.2) is 4.79 Å². The van der Waals surface area contributed by atoms with Gasteiger partial charge in [0.05, 0.1) is 6.54 Å². The highest BCUT2D eigenvalue weighted by Gasteiger charge is 2.55. The lowest BCUT2D eigenvalue weighted by Gasteiger charge is -2.43. The van der Waals surface area contributed by atoms with Gasteiger partial charge in [-0.1, -0.05) is 54.1 Å². The molecule has 3 saturated heterocycles. The van der Waals surface area contributed by atoms with Gasteiger partial charge in [-0.3, -0.25) is 24.8 Å². The molecule has 31 heavy (non-hydrogen) atoms. The van der Waals surface area contributed by atoms with Gasteiger partial charge in [-0.15, -0.1) is 0 Å². The molecule has 0 radical (unpaired) electrons. The van der Waals surface area contributed by atoms with Gasteiger partial charge in [0, 0.05) is 31.7 Å². The monoisotopic (exact) mass is 439 g/mol. The fourth-order valence-corrected chi connectivity index (χ4v) is 5.15. The predicted octanol–water partition coefficient (Wildman–Crippen LogP) is 2.52. The molecule has 8 heteroatoms. The number of hydrogen-bond acceptors (Lipinski definition) is 5. The first-order valence-corrected chi connectivity index (χ1v) is 11.0. The number of benzene rings is 2. The largest absolute Gasteiger partial charge is 0.328 e. The molecule has 0 spiro atoms. The van der Waals surface area contributed by atoms with E-state index in [0.29, 0.717) is 5.02 Å². The van der Waals surface area contributed by atoms with Gasteiger partial charge in [0.1, 0.15) is 18.5 Å². The quantitative estimate of drug-likeness (QED) is 0.793. The van der Waals surface area contributed by atoms with Crippen molar-refractivity contribution < 1.29 is 9.59 Å². The molecule has 1 N–H and O–H groups in total. The summed E-state index contributed by atoms with van der Waals surface area (Å²) in [6.45, 7) is 2.79. The molecule has 2 aromatic rings. The number of hydrogen-bond donors (Lipinski definition) is 1. The van der Waals surface area contributed by atoms with Crippen molar-refractivity contribution in [1.82, 2.24) is 24.9 Å². The van der Waals surface area contributed by atoms with E-state index in [1.54, 1.807) is 24.1 Å². The SMILES string of the molecule is CN1C(=O)N(Cc2cccc(Cl)c2)C(=O)C2C1NC1N(Cc3ccccc3)CCCN21. The Kier molecular flexibility index (Phi) is 5.44. The number of imide groups is 1. The molecule has 2 aromatic carbocycles. The Morgan fingerprint density at radius 2 is 1.77 bits per heavy atom. The van der Waals surface area contributed by atoms with Crippen molar-refractivity contribution in [3.05, 3.63) is 70.7 Å². The summed E-state index contributed by atoms with van der Waals surface area (Å²) < 4.78 is 0. The average molecular weight is 440 g/mol. The molecule has 3 atom stereocenters. The Hall–Kier alpha value is -2.45. The van der Waals surface area contributed by atoms with E-state index >= 15 is 0 Å². The maximum absolute atomic E-state index is 13.5. The summed E-state index contributed by atoms with van der Waals surface area (Å²) in [5.74, 6) is -0.148. The zero-order valence-electron chi connectivity index (χ0n) is 17.4. The molecule has 3 aliphatic rings. The molecule has 0 aromatic heterocycles. The van der Waals surface area contributed by atoms with E-state index in [-0.39, 0.29) is 30.9 Å². The minimum absolute atomic E-state index is 0.0747. The summed E-state index contributed by atoms with van der Waals surface area (Å²) in [7, 11) is 1.77. The second-order valence-corrected chi connectivity index (χ2v) is 8.86. The molecular formula is C23H26ClN5O2. The molecule has 3 aliphatic heterocycles. The van der Waals surface area contributed by atoms with E-state index < -0.39 is 6.04 Å². The summed E-state index contributed by atoms with van der Waals surface area (Å²) in [5, 5.41) is 4.15. The fraction of sp³-hybridized carbons (Fsp3) is 0.391. The molecule has 7 nitrogen and oxygen atoms in total. The minimum Gasteiger partial charge on any atom is -0.310 e. The van der Waals surface area contributed by atoms with E-state index in [9.17, 15) is 9.59 Å². The molecule has 162 valence electrons. The van der Waals surface area contributed by atoms with Crippen LogP contribution in [0.15, 0.2) is 54.6 Å². The van der Waals surface area contributed by atoms with Crippen LogP contribution in [0.4, 0.5) is 4.79 Å². The van der Waals surface area contributed by atoms with Crippen molar-refractivity contribution in [1.29, 1.82) is 0 Å². The van der Waals surface area contributed by atoms with Gasteiger partial charge >= 0.3 is 6.03 Å². The zero-order chi connectivity index (χ0) is 21.5. The molecule has 3 unspecified atom stereocenters. The molecule has 0 aliphatic carbocycles. The number of urea groups is 1. The van der Waals surface area contributed by atoms with E-state index in [0.717, 1.165) is 31.6 Å². The highest BCUT2D eigenvalue weighted by molar-refractivity contribution is 6.30. The molecule has 3 fully saturated rings. The normalized spacial score (nSPS) is 26.8. The number of carbonyl (C=O) groups excluding carboxylic acids is 2. The van der Waals surface area contributed by atoms with Crippen LogP contribution in [0.2, 0.25) is 5.02 Å². The second kappa shape index (κ2) is 8.24. The Morgan fingerprint density at radius 1 is 1.00 bits per heavy atom. The molecule has 0 saturated carbocycles. The summed E-state index contributed by atoms with van der Waals surface area (Å²) in [6, 6.07) is 17.0. The third-order valence-corrected chi connectivity index (χ3v) is 6.66. The van der Waals surface area contributed by atoms with Crippen molar-refractivity contribution in [3.8, 4) is 0 Å². The smallest absolute Gasteiger partial charge is 0.310 e. The van der Waals surface area contributed by atoms with E-state index in [4.69, 9.17) is 11.6 Å². The Bertz CT molecular complexity index is 987. The van der Waals surface area contributed by atoms with Crippen molar-refractivity contribution >= 4 is 23.5 Å². The molecule has 0 bridgehead atoms. The topological polar surface area (TPSA) is 59.1 Å². The van der Waals surface area contributed by atoms with E-state index in [1.165, 1.54) is 10.5 Å². The van der Waals surface area contributed by atoms with Gasteiger partial charge in [0.25, 0.3) is 5.91 Å². The van der Waals surface area contributed by atoms with Crippen LogP contribution < -0.4 is 5.32 Å². The number of fused-ring (bicyclic) bond motifs is 3. The van der Waals surface area contributed by atoms with Crippen molar-refractivity contribution in [2.45, 2.75) is 38.0 Å². The first kappa shape index (κ1) is 20.5. The predicted molar refractivity (Wildman–Crippen MR) is 118 cm³/mol. The molecule has 5 rings (SSSR count). The Balaban J connectivity index is 1.39. The minimum atomic E-state index is -0.398. The first-order chi connectivity index (χ1) is 15.0. The number of nitrogens with one attached hydrogen (secondary N) is 1. The molecular weight excluding hydrogens is 414 g/mol. The maximum atomic E-state index is 13.5. The van der Waals surface area contributed by atoms with Gasteiger partial charge < -0.3 is 4.90 Å². The third-order valence-electron chi connectivity index (χ3n) is 6.42. The standard InChI is InChI=1S/C23H26ClN5O2/c1-26-20-19(21(30)29(23(26)31)15-17-9-5-10-18(24)13-17)28-12-6-11-27(22(28)25-20)14-16-7-3-2-4-8-16/h2-5,7-10,13,19-20,22,25H,6,11-12,14-15H2,1H3. The third kappa shape index (κ3) is 3.72. The van der Waals surface area contributed by atoms with Crippen LogP contribution in [0, 0.1) is 0 Å². The van der Waals surface area contributed by atoms with Crippen LogP contribution in [0.25, 0.3) is 0 Å². The van der Waals surface area contributed by atoms with Gasteiger partial charge in [0.2, 0.25) is 0 Å². The highest BCUT2D eigenvalue weighted by Crippen LogP contribution is 2.32. The fourth-order valence-electron chi connectivity index (χ4n) is 4.94. The van der Waals surface area contributed by atoms with Crippen molar-refractivity contribution in [2.24, 2.45) is 0 Å². The van der Waals surface area contributed by atoms with Crippen LogP contribution in [-0.2, 0) is 17.9 Å². The van der Waals surface area contributed by atoms with Crippen LogP contribution in [0.1, 0.15) is 17.5 Å². The lowest BCUT2D eigenvalue weighted by atomic mass is 10.1. The molecule has 3 amide bonds. The summed E-state index contributed by atoms with van der Waals surface area (Å²) in [5.41, 5.74) is 2.08. The van der Waals surface area contributed by atoms with Crippen LogP contribution in [-0.4, -0.2) is 70.2 Å². The van der Waals surface area contributed by atoms with Gasteiger partial charge in [-0.05, 0) is 29.7 Å². The lowest BCUT2D eigenvalue weighted by Crippen LogP contribution is -2.66. The number of nitrogens with zero attached hydrogens (tertiary/aromatic N) is 4. The van der Waals surface area contributed by atoms with E-state index in [1.807, 2.05) is 30.3 Å². The summed E-state index contributed by atoms with van der Waals surface area (Å²) >= 11 is 6.10. The number of amides is 3. The Labute approximate surface area is 187 Å². The summed E-state index contributed by atoms with van der Waals surface area (Å²) in [4.78, 5) is 34.2. The Morgan fingerprint density at radius 3 is 2.55 bits per heavy atom. The summed E-state index contributed by atoms with van der Waals surface area (Å²) in [6.07, 6.45) is 0.569. The number of carbonyl (C=O) groups is 2. The van der Waals surface area contributed by atoms with Crippen LogP contribution in [0.3, 0.4) is 0 Å². The van der Waals surface area contributed by atoms with Crippen LogP contribution in [0.5, 0.6) is 0 Å². The highest BCUT2D eigenvalue weighted by atomic mass is 35.5. The zero-order valence-corrected chi connectivity index (χ0v) is 18.2. The lowest BCUT2D eigenvalue weighted by molar-refractivity contribution is -0.140. The van der Waals surface area contributed by atoms with Crippen LogP contribution >= 0.6 is 11.6 Å². The average Bonchev–Trinajstić information content (AvgIpc) is 3.17. The maximum Gasteiger partial charge on any atom is 0.328 e. The number of likely N-dealkylation sites (N-methyl/N-ethyl adjacent to an activating group) is 1. The van der Waals surface area contributed by atoms with E-state index in [2.05, 4.69) is 27.2 Å². The van der Waals surface area contributed by atoms with Gasteiger partial charge in [0.15, 0.2) is 0 Å². The van der Waals surface area contributed by atoms with Crippen molar-refractivity contribution in [3.63, 3.8) is 0 Å². The van der Waals surface area contributed by atoms with Crippen molar-refractivity contribution in [2.75, 3.05) is 20.1 Å². The van der Waals surface area contributed by atoms with Gasteiger partial charge in [-0.2, -0.15) is 0 Å². The first-order valence-electron chi connectivity index (χ1n) is 10.7. The number of halogens is 1. The number of rotatable bonds is 4.